The molecule has 1 unspecified atom stereocenters. The van der Waals surface area contributed by atoms with Crippen LogP contribution in [0.4, 0.5) is 0 Å². The number of amides is 3. The van der Waals surface area contributed by atoms with E-state index in [0.717, 1.165) is 38.9 Å². The molecule has 1 atom stereocenters. The predicted molar refractivity (Wildman–Crippen MR) is 95.9 cm³/mol. The molecule has 7 nitrogen and oxygen atoms in total. The average Bonchev–Trinajstić information content (AvgIpc) is 2.99. The Kier molecular flexibility index (Phi) is 7.23. The van der Waals surface area contributed by atoms with E-state index in [1.54, 1.807) is 0 Å². The normalized spacial score (nSPS) is 20.5. The molecule has 2 saturated heterocycles. The molecule has 0 aliphatic carbocycles. The number of hydrogen-bond acceptors (Lipinski definition) is 4. The highest BCUT2D eigenvalue weighted by Gasteiger charge is 2.29. The second-order valence-electron chi connectivity index (χ2n) is 7.47. The lowest BCUT2D eigenvalue weighted by Crippen LogP contribution is -2.51. The fourth-order valence-electron chi connectivity index (χ4n) is 3.54. The molecular weight excluding hydrogens is 320 g/mol. The molecule has 7 heteroatoms. The Morgan fingerprint density at radius 1 is 0.880 bits per heavy atom. The predicted octanol–water partition coefficient (Wildman–Crippen LogP) is 0.304. The van der Waals surface area contributed by atoms with Gasteiger partial charge in [-0.25, -0.2) is 0 Å². The zero-order chi connectivity index (χ0) is 18.4. The monoisotopic (exact) mass is 352 g/mol. The van der Waals surface area contributed by atoms with Gasteiger partial charge in [0.2, 0.25) is 17.7 Å². The van der Waals surface area contributed by atoms with E-state index in [-0.39, 0.29) is 23.6 Å². The van der Waals surface area contributed by atoms with Crippen LogP contribution in [-0.4, -0.2) is 84.3 Å². The van der Waals surface area contributed by atoms with Crippen molar-refractivity contribution < 1.29 is 14.4 Å². The maximum atomic E-state index is 12.8. The topological polar surface area (TPSA) is 73.0 Å². The molecule has 25 heavy (non-hydrogen) atoms. The summed E-state index contributed by atoms with van der Waals surface area (Å²) < 4.78 is 0. The molecule has 0 aromatic heterocycles. The van der Waals surface area contributed by atoms with Crippen molar-refractivity contribution in [3.63, 3.8) is 0 Å². The van der Waals surface area contributed by atoms with Crippen molar-refractivity contribution in [2.45, 2.75) is 46.1 Å². The van der Waals surface area contributed by atoms with Crippen LogP contribution in [0.2, 0.25) is 0 Å². The zero-order valence-corrected chi connectivity index (χ0v) is 15.8. The molecule has 2 rings (SSSR count). The summed E-state index contributed by atoms with van der Waals surface area (Å²) in [6, 6.07) is -0.477. The van der Waals surface area contributed by atoms with Crippen molar-refractivity contribution in [3.8, 4) is 0 Å². The van der Waals surface area contributed by atoms with Crippen molar-refractivity contribution in [1.82, 2.24) is 20.0 Å². The van der Waals surface area contributed by atoms with E-state index < -0.39 is 6.04 Å². The maximum Gasteiger partial charge on any atom is 0.245 e. The Balaban J connectivity index is 1.87. The third-order valence-corrected chi connectivity index (χ3v) is 5.01. The van der Waals surface area contributed by atoms with Gasteiger partial charge in [0.15, 0.2) is 0 Å². The fraction of sp³-hybridized carbons (Fsp3) is 0.833. The van der Waals surface area contributed by atoms with E-state index in [9.17, 15) is 14.4 Å². The summed E-state index contributed by atoms with van der Waals surface area (Å²) in [6.07, 6.45) is 3.06. The minimum atomic E-state index is -0.477. The smallest absolute Gasteiger partial charge is 0.245 e. The van der Waals surface area contributed by atoms with E-state index in [0.29, 0.717) is 26.2 Å². The van der Waals surface area contributed by atoms with Crippen LogP contribution in [0.1, 0.15) is 40.0 Å². The number of nitrogens with one attached hydrogen (secondary N) is 1. The maximum absolute atomic E-state index is 12.8. The first-order valence-electron chi connectivity index (χ1n) is 9.44. The molecule has 0 aromatic carbocycles. The second-order valence-corrected chi connectivity index (χ2v) is 7.47. The third kappa shape index (κ3) is 5.70. The molecular formula is C18H32N4O3. The first kappa shape index (κ1) is 19.7. The van der Waals surface area contributed by atoms with Crippen molar-refractivity contribution >= 4 is 17.7 Å². The Bertz CT molecular complexity index is 489. The lowest BCUT2D eigenvalue weighted by molar-refractivity contribution is -0.137. The Labute approximate surface area is 150 Å². The highest BCUT2D eigenvalue weighted by molar-refractivity contribution is 5.87. The van der Waals surface area contributed by atoms with E-state index in [1.807, 2.05) is 23.6 Å². The number of rotatable bonds is 5. The first-order valence-corrected chi connectivity index (χ1v) is 9.44. The molecule has 2 aliphatic rings. The van der Waals surface area contributed by atoms with Gasteiger partial charge < -0.3 is 15.1 Å². The fourth-order valence-corrected chi connectivity index (χ4v) is 3.54. The number of likely N-dealkylation sites (tertiary alicyclic amines) is 1. The lowest BCUT2D eigenvalue weighted by Gasteiger charge is -2.29. The summed E-state index contributed by atoms with van der Waals surface area (Å²) in [6.45, 7) is 10.3. The van der Waals surface area contributed by atoms with E-state index >= 15 is 0 Å². The molecule has 0 saturated carbocycles. The van der Waals surface area contributed by atoms with Gasteiger partial charge in [-0.05, 0) is 25.2 Å². The van der Waals surface area contributed by atoms with Crippen LogP contribution in [0.15, 0.2) is 0 Å². The summed E-state index contributed by atoms with van der Waals surface area (Å²) in [7, 11) is 0. The van der Waals surface area contributed by atoms with Gasteiger partial charge in [-0.3, -0.25) is 19.3 Å². The van der Waals surface area contributed by atoms with Gasteiger partial charge in [0.1, 0.15) is 6.04 Å². The molecule has 142 valence electrons. The Hall–Kier alpha value is -1.63. The van der Waals surface area contributed by atoms with Crippen LogP contribution >= 0.6 is 0 Å². The highest BCUT2D eigenvalue weighted by Crippen LogP contribution is 2.12. The first-order chi connectivity index (χ1) is 11.9. The van der Waals surface area contributed by atoms with Crippen LogP contribution in [-0.2, 0) is 14.4 Å². The van der Waals surface area contributed by atoms with Gasteiger partial charge in [-0.2, -0.15) is 0 Å². The number of hydrogen-bond donors (Lipinski definition) is 1. The minimum Gasteiger partial charge on any atom is -0.344 e. The van der Waals surface area contributed by atoms with Crippen molar-refractivity contribution in [2.24, 2.45) is 5.92 Å². The standard InChI is InChI=1S/C18H32N4O3/c1-14(2)17(19-15(3)23)18(25)22-10-6-7-20(11-12-22)13-16(24)21-8-4-5-9-21/h14,17H,4-13H2,1-3H3,(H,19,23). The van der Waals surface area contributed by atoms with E-state index in [1.165, 1.54) is 6.92 Å². The molecule has 2 aliphatic heterocycles. The number of carbonyl (C=O) groups is 3. The highest BCUT2D eigenvalue weighted by atomic mass is 16.2. The second kappa shape index (κ2) is 9.17. The van der Waals surface area contributed by atoms with Crippen LogP contribution in [0.3, 0.4) is 0 Å². The molecule has 1 N–H and O–H groups in total. The lowest BCUT2D eigenvalue weighted by atomic mass is 10.0. The van der Waals surface area contributed by atoms with Gasteiger partial charge in [0.25, 0.3) is 0 Å². The van der Waals surface area contributed by atoms with Crippen LogP contribution in [0.5, 0.6) is 0 Å². The average molecular weight is 352 g/mol. The van der Waals surface area contributed by atoms with Crippen molar-refractivity contribution in [3.05, 3.63) is 0 Å². The van der Waals surface area contributed by atoms with Crippen LogP contribution < -0.4 is 5.32 Å². The molecule has 0 bridgehead atoms. The van der Waals surface area contributed by atoms with Gasteiger partial charge in [-0.15, -0.1) is 0 Å². The summed E-state index contributed by atoms with van der Waals surface area (Å²) in [5.74, 6) is 0.0562. The quantitative estimate of drug-likeness (QED) is 0.773. The van der Waals surface area contributed by atoms with Crippen LogP contribution in [0, 0.1) is 5.92 Å². The third-order valence-electron chi connectivity index (χ3n) is 5.01. The molecule has 3 amide bonds. The summed E-state index contributed by atoms with van der Waals surface area (Å²) in [5, 5.41) is 2.77. The van der Waals surface area contributed by atoms with Gasteiger partial charge in [0, 0.05) is 46.2 Å². The van der Waals surface area contributed by atoms with Crippen LogP contribution in [0.25, 0.3) is 0 Å². The molecule has 0 aromatic rings. The van der Waals surface area contributed by atoms with E-state index in [4.69, 9.17) is 0 Å². The SMILES string of the molecule is CC(=O)NC(C(=O)N1CCCN(CC(=O)N2CCCC2)CC1)C(C)C. The molecule has 0 radical (unpaired) electrons. The minimum absolute atomic E-state index is 0.0158. The number of nitrogens with zero attached hydrogens (tertiary/aromatic N) is 3. The summed E-state index contributed by atoms with van der Waals surface area (Å²) in [5.41, 5.74) is 0. The van der Waals surface area contributed by atoms with Crippen molar-refractivity contribution in [1.29, 1.82) is 0 Å². The van der Waals surface area contributed by atoms with E-state index in [2.05, 4.69) is 10.2 Å². The van der Waals surface area contributed by atoms with Gasteiger partial charge >= 0.3 is 0 Å². The van der Waals surface area contributed by atoms with Gasteiger partial charge in [-0.1, -0.05) is 13.8 Å². The largest absolute Gasteiger partial charge is 0.344 e. The Morgan fingerprint density at radius 2 is 1.52 bits per heavy atom. The molecule has 2 heterocycles. The van der Waals surface area contributed by atoms with Crippen molar-refractivity contribution in [2.75, 3.05) is 45.8 Å². The summed E-state index contributed by atoms with van der Waals surface area (Å²) in [4.78, 5) is 42.4. The molecule has 0 spiro atoms. The summed E-state index contributed by atoms with van der Waals surface area (Å²) >= 11 is 0. The zero-order valence-electron chi connectivity index (χ0n) is 15.8. The molecule has 2 fully saturated rings. The Morgan fingerprint density at radius 3 is 2.12 bits per heavy atom. The van der Waals surface area contributed by atoms with Gasteiger partial charge in [0.05, 0.1) is 6.54 Å². The number of carbonyl (C=O) groups excluding carboxylic acids is 3.